The van der Waals surface area contributed by atoms with Crippen molar-refractivity contribution < 1.29 is 17.9 Å². The van der Waals surface area contributed by atoms with E-state index in [9.17, 15) is 13.2 Å². The summed E-state index contributed by atoms with van der Waals surface area (Å²) in [4.78, 5) is 12.2. The lowest BCUT2D eigenvalue weighted by molar-refractivity contribution is -0.154. The molecule has 1 aromatic rings. The van der Waals surface area contributed by atoms with Crippen LogP contribution in [0.1, 0.15) is 25.8 Å². The van der Waals surface area contributed by atoms with E-state index in [0.717, 1.165) is 5.56 Å². The lowest BCUT2D eigenvalue weighted by Crippen LogP contribution is -2.51. The van der Waals surface area contributed by atoms with E-state index in [0.29, 0.717) is 6.42 Å². The predicted molar refractivity (Wildman–Crippen MR) is 79.3 cm³/mol. The van der Waals surface area contributed by atoms with Gasteiger partial charge in [0.1, 0.15) is 12.6 Å². The molecule has 0 spiro atoms. The molecule has 1 atom stereocenters. The Kier molecular flexibility index (Phi) is 4.68. The number of rotatable bonds is 4. The molecular weight excluding hydrogens is 290 g/mol. The molecule has 1 aromatic carbocycles. The molecule has 5 nitrogen and oxygen atoms in total. The summed E-state index contributed by atoms with van der Waals surface area (Å²) in [5, 5.41) is 0. The average Bonchev–Trinajstić information content (AvgIpc) is 2.41. The van der Waals surface area contributed by atoms with E-state index in [1.165, 1.54) is 4.31 Å². The van der Waals surface area contributed by atoms with Crippen LogP contribution < -0.4 is 0 Å². The third-order valence-electron chi connectivity index (χ3n) is 3.50. The quantitative estimate of drug-likeness (QED) is 0.797. The third-order valence-corrected chi connectivity index (χ3v) is 5.42. The predicted octanol–water partition coefficient (Wildman–Crippen LogP) is 1.96. The van der Waals surface area contributed by atoms with Gasteiger partial charge in [-0.2, -0.15) is 4.31 Å². The molecule has 1 aliphatic rings. The first-order chi connectivity index (χ1) is 9.82. The van der Waals surface area contributed by atoms with E-state index >= 15 is 0 Å². The molecule has 0 N–H and O–H groups in total. The molecule has 2 rings (SSSR count). The van der Waals surface area contributed by atoms with Crippen molar-refractivity contribution in [1.29, 1.82) is 0 Å². The summed E-state index contributed by atoms with van der Waals surface area (Å²) < 4.78 is 31.8. The molecule has 0 amide bonds. The SMILES string of the molecule is Cc1ccc(S(=O)(=O)N2CCOC(=O)[C@@H]2CC(C)C)cc1. The van der Waals surface area contributed by atoms with E-state index in [4.69, 9.17) is 4.74 Å². The fourth-order valence-corrected chi connectivity index (χ4v) is 3.97. The fraction of sp³-hybridized carbons (Fsp3) is 0.533. The van der Waals surface area contributed by atoms with Crippen molar-refractivity contribution in [3.63, 3.8) is 0 Å². The number of carbonyl (C=O) groups excluding carboxylic acids is 1. The molecular formula is C15H21NO4S. The molecule has 1 saturated heterocycles. The molecule has 116 valence electrons. The van der Waals surface area contributed by atoms with Gasteiger partial charge in [-0.15, -0.1) is 0 Å². The van der Waals surface area contributed by atoms with Crippen LogP contribution in [0.3, 0.4) is 0 Å². The largest absolute Gasteiger partial charge is 0.463 e. The highest BCUT2D eigenvalue weighted by atomic mass is 32.2. The van der Waals surface area contributed by atoms with Crippen molar-refractivity contribution >= 4 is 16.0 Å². The van der Waals surface area contributed by atoms with Gasteiger partial charge in [-0.3, -0.25) is 4.79 Å². The van der Waals surface area contributed by atoms with E-state index < -0.39 is 22.0 Å². The van der Waals surface area contributed by atoms with Gasteiger partial charge in [-0.25, -0.2) is 8.42 Å². The van der Waals surface area contributed by atoms with Crippen LogP contribution >= 0.6 is 0 Å². The molecule has 1 fully saturated rings. The van der Waals surface area contributed by atoms with Gasteiger partial charge in [0.25, 0.3) is 0 Å². The van der Waals surface area contributed by atoms with Gasteiger partial charge in [0.15, 0.2) is 0 Å². The van der Waals surface area contributed by atoms with Crippen molar-refractivity contribution in [2.24, 2.45) is 5.92 Å². The Morgan fingerprint density at radius 3 is 2.48 bits per heavy atom. The van der Waals surface area contributed by atoms with E-state index in [-0.39, 0.29) is 24.0 Å². The molecule has 0 unspecified atom stereocenters. The highest BCUT2D eigenvalue weighted by Crippen LogP contribution is 2.25. The molecule has 0 saturated carbocycles. The Balaban J connectivity index is 2.35. The van der Waals surface area contributed by atoms with Crippen LogP contribution in [-0.2, 0) is 19.6 Å². The van der Waals surface area contributed by atoms with Crippen LogP contribution in [0.4, 0.5) is 0 Å². The lowest BCUT2D eigenvalue weighted by Gasteiger charge is -2.34. The van der Waals surface area contributed by atoms with Crippen LogP contribution in [-0.4, -0.2) is 37.9 Å². The van der Waals surface area contributed by atoms with Crippen molar-refractivity contribution in [2.45, 2.75) is 38.1 Å². The summed E-state index contributed by atoms with van der Waals surface area (Å²) in [5.41, 5.74) is 0.991. The average molecular weight is 311 g/mol. The fourth-order valence-electron chi connectivity index (χ4n) is 2.40. The maximum Gasteiger partial charge on any atom is 0.324 e. The van der Waals surface area contributed by atoms with Crippen LogP contribution in [0.15, 0.2) is 29.2 Å². The van der Waals surface area contributed by atoms with Crippen LogP contribution in [0.25, 0.3) is 0 Å². The van der Waals surface area contributed by atoms with Gasteiger partial charge in [0.05, 0.1) is 4.90 Å². The van der Waals surface area contributed by atoms with Crippen molar-refractivity contribution in [2.75, 3.05) is 13.2 Å². The molecule has 1 aliphatic heterocycles. The Hall–Kier alpha value is -1.40. The highest BCUT2D eigenvalue weighted by molar-refractivity contribution is 7.89. The summed E-state index contributed by atoms with van der Waals surface area (Å²) in [6.45, 7) is 6.13. The number of benzene rings is 1. The first-order valence-corrected chi connectivity index (χ1v) is 8.51. The smallest absolute Gasteiger partial charge is 0.324 e. The zero-order valence-corrected chi connectivity index (χ0v) is 13.4. The minimum absolute atomic E-state index is 0.110. The van der Waals surface area contributed by atoms with E-state index in [1.54, 1.807) is 24.3 Å². The van der Waals surface area contributed by atoms with E-state index in [2.05, 4.69) is 0 Å². The van der Waals surface area contributed by atoms with Crippen molar-refractivity contribution in [1.82, 2.24) is 4.31 Å². The van der Waals surface area contributed by atoms with E-state index in [1.807, 2.05) is 20.8 Å². The standard InChI is InChI=1S/C15H21NO4S/c1-11(2)10-14-15(17)20-9-8-16(14)21(18,19)13-6-4-12(3)5-7-13/h4-7,11,14H,8-10H2,1-3H3/t14-/m0/s1. The number of carbonyl (C=O) groups is 1. The monoisotopic (exact) mass is 311 g/mol. The van der Waals surface area contributed by atoms with Gasteiger partial charge in [-0.1, -0.05) is 31.5 Å². The molecule has 0 radical (unpaired) electrons. The maximum atomic E-state index is 12.8. The second kappa shape index (κ2) is 6.15. The highest BCUT2D eigenvalue weighted by Gasteiger charge is 2.39. The molecule has 0 aromatic heterocycles. The van der Waals surface area contributed by atoms with Crippen LogP contribution in [0.2, 0.25) is 0 Å². The molecule has 0 aliphatic carbocycles. The Morgan fingerprint density at radius 2 is 1.90 bits per heavy atom. The van der Waals surface area contributed by atoms with Gasteiger partial charge in [0.2, 0.25) is 10.0 Å². The van der Waals surface area contributed by atoms with Crippen molar-refractivity contribution in [3.8, 4) is 0 Å². The van der Waals surface area contributed by atoms with Gasteiger partial charge >= 0.3 is 5.97 Å². The number of cyclic esters (lactones) is 1. The minimum atomic E-state index is -3.67. The molecule has 1 heterocycles. The summed E-state index contributed by atoms with van der Waals surface area (Å²) >= 11 is 0. The van der Waals surface area contributed by atoms with Gasteiger partial charge < -0.3 is 4.74 Å². The summed E-state index contributed by atoms with van der Waals surface area (Å²) in [6.07, 6.45) is 0.462. The van der Waals surface area contributed by atoms with Crippen LogP contribution in [0, 0.1) is 12.8 Å². The number of nitrogens with zero attached hydrogens (tertiary/aromatic N) is 1. The summed E-state index contributed by atoms with van der Waals surface area (Å²) in [6, 6.07) is 5.94. The Labute approximate surface area is 126 Å². The minimum Gasteiger partial charge on any atom is -0.463 e. The third kappa shape index (κ3) is 3.44. The van der Waals surface area contributed by atoms with Gasteiger partial charge in [0, 0.05) is 6.54 Å². The number of hydrogen-bond donors (Lipinski definition) is 0. The number of esters is 1. The summed E-state index contributed by atoms with van der Waals surface area (Å²) in [5.74, 6) is -0.248. The normalized spacial score (nSPS) is 20.6. The summed E-state index contributed by atoms with van der Waals surface area (Å²) in [7, 11) is -3.67. The first kappa shape index (κ1) is 16.0. The number of aryl methyl sites for hydroxylation is 1. The lowest BCUT2D eigenvalue weighted by atomic mass is 10.0. The molecule has 21 heavy (non-hydrogen) atoms. The molecule has 0 bridgehead atoms. The second-order valence-electron chi connectivity index (χ2n) is 5.74. The Bertz CT molecular complexity index is 607. The second-order valence-corrected chi connectivity index (χ2v) is 7.63. The number of hydrogen-bond acceptors (Lipinski definition) is 4. The topological polar surface area (TPSA) is 63.7 Å². The number of ether oxygens (including phenoxy) is 1. The zero-order valence-electron chi connectivity index (χ0n) is 12.6. The van der Waals surface area contributed by atoms with Crippen LogP contribution in [0.5, 0.6) is 0 Å². The number of sulfonamides is 1. The Morgan fingerprint density at radius 1 is 1.29 bits per heavy atom. The van der Waals surface area contributed by atoms with Crippen molar-refractivity contribution in [3.05, 3.63) is 29.8 Å². The number of morpholine rings is 1. The maximum absolute atomic E-state index is 12.8. The zero-order chi connectivity index (χ0) is 15.6. The van der Waals surface area contributed by atoms with Gasteiger partial charge in [-0.05, 0) is 31.4 Å². The molecule has 6 heteroatoms. The first-order valence-electron chi connectivity index (χ1n) is 7.07.